The number of nitrogens with zero attached hydrogens (tertiary/aromatic N) is 4. The highest BCUT2D eigenvalue weighted by Crippen LogP contribution is 2.29. The minimum absolute atomic E-state index is 0.0472. The van der Waals surface area contributed by atoms with Crippen LogP contribution in [0.5, 0.6) is 0 Å². The van der Waals surface area contributed by atoms with E-state index in [0.29, 0.717) is 36.7 Å². The van der Waals surface area contributed by atoms with Gasteiger partial charge in [0.2, 0.25) is 12.4 Å². The highest BCUT2D eigenvalue weighted by Gasteiger charge is 2.22. The molecule has 8 nitrogen and oxygen atoms in total. The molecule has 3 heterocycles. The summed E-state index contributed by atoms with van der Waals surface area (Å²) in [5.74, 6) is -1.08. The Morgan fingerprint density at radius 2 is 2.00 bits per heavy atom. The highest BCUT2D eigenvalue weighted by atomic mass is 19.3. The molecule has 0 spiro atoms. The number of nitrogens with one attached hydrogen (secondary N) is 2. The van der Waals surface area contributed by atoms with E-state index in [1.54, 1.807) is 6.07 Å². The number of fused-ring (bicyclic) bond motifs is 1. The highest BCUT2D eigenvalue weighted by molar-refractivity contribution is 5.92. The van der Waals surface area contributed by atoms with Gasteiger partial charge in [-0.1, -0.05) is 6.07 Å². The number of ether oxygens (including phenoxy) is 1. The van der Waals surface area contributed by atoms with Gasteiger partial charge in [-0.15, -0.1) is 0 Å². The molecule has 0 unspecified atom stereocenters. The molecule has 4 rings (SSSR count). The van der Waals surface area contributed by atoms with Crippen LogP contribution in [0.2, 0.25) is 0 Å². The molecule has 1 saturated heterocycles. The van der Waals surface area contributed by atoms with Crippen molar-refractivity contribution in [2.45, 2.75) is 19.4 Å². The number of anilines is 2. The second-order valence-corrected chi connectivity index (χ2v) is 8.14. The number of alkyl halides is 2. The lowest BCUT2D eigenvalue weighted by Gasteiger charge is -2.36. The topological polar surface area (TPSA) is 82.1 Å². The molecule has 1 fully saturated rings. The Morgan fingerprint density at radius 3 is 2.71 bits per heavy atom. The zero-order chi connectivity index (χ0) is 24.1. The molecule has 0 bridgehead atoms. The minimum Gasteiger partial charge on any atom is -0.365 e. The van der Waals surface area contributed by atoms with Gasteiger partial charge in [0, 0.05) is 46.2 Å². The third-order valence-electron chi connectivity index (χ3n) is 5.77. The first kappa shape index (κ1) is 24.0. The number of rotatable bonds is 6. The lowest BCUT2D eigenvalue weighted by atomic mass is 10.1. The Labute approximate surface area is 195 Å². The van der Waals surface area contributed by atoms with E-state index in [9.17, 15) is 18.0 Å². The zero-order valence-corrected chi connectivity index (χ0v) is 18.9. The number of carbonyl (C=O) groups excluding carboxylic acids is 1. The van der Waals surface area contributed by atoms with Crippen molar-refractivity contribution < 1.29 is 22.7 Å². The molecular weight excluding hydrogens is 449 g/mol. The van der Waals surface area contributed by atoms with Crippen molar-refractivity contribution in [2.24, 2.45) is 4.99 Å². The number of benzene rings is 1. The van der Waals surface area contributed by atoms with Crippen molar-refractivity contribution >= 4 is 28.7 Å². The van der Waals surface area contributed by atoms with E-state index in [0.717, 1.165) is 24.3 Å². The quantitative estimate of drug-likeness (QED) is 0.624. The Balaban J connectivity index is 1.38. The van der Waals surface area contributed by atoms with Crippen molar-refractivity contribution in [1.82, 2.24) is 15.2 Å². The smallest absolute Gasteiger partial charge is 0.269 e. The first-order valence-electron chi connectivity index (χ1n) is 11.1. The SMILES string of the molecule is CNC(=O)c1ccc(N2CCN(Cc3ccc4c(c3)NCOC/C(CC(F)F)=N\4)CC2)c(F)n1. The number of amides is 1. The number of aliphatic imine (C=N–C) groups is 1. The molecule has 2 aliphatic heterocycles. The van der Waals surface area contributed by atoms with E-state index in [1.807, 2.05) is 23.1 Å². The van der Waals surface area contributed by atoms with Gasteiger partial charge < -0.3 is 20.3 Å². The number of halogens is 3. The van der Waals surface area contributed by atoms with Gasteiger partial charge in [0.15, 0.2) is 0 Å². The lowest BCUT2D eigenvalue weighted by Crippen LogP contribution is -2.46. The van der Waals surface area contributed by atoms with Crippen LogP contribution in [0.3, 0.4) is 0 Å². The number of aromatic nitrogens is 1. The summed E-state index contributed by atoms with van der Waals surface area (Å²) >= 11 is 0. The predicted molar refractivity (Wildman–Crippen MR) is 124 cm³/mol. The van der Waals surface area contributed by atoms with Crippen molar-refractivity contribution in [1.29, 1.82) is 0 Å². The third-order valence-corrected chi connectivity index (χ3v) is 5.77. The Kier molecular flexibility index (Phi) is 7.63. The van der Waals surface area contributed by atoms with Crippen LogP contribution in [0.1, 0.15) is 22.5 Å². The maximum Gasteiger partial charge on any atom is 0.269 e. The third kappa shape index (κ3) is 5.84. The molecule has 2 N–H and O–H groups in total. The standard InChI is InChI=1S/C23H27F3N6O2/c1-27-23(33)18-4-5-20(22(26)30-18)32-8-6-31(7-9-32)12-15-2-3-17-19(10-15)28-14-34-13-16(29-17)11-21(24)25/h2-5,10,21,28H,6-9,11-14H2,1H3,(H,27,33)/b29-16-. The normalized spacial score (nSPS) is 18.4. The first-order valence-corrected chi connectivity index (χ1v) is 11.1. The van der Waals surface area contributed by atoms with Gasteiger partial charge in [-0.25, -0.2) is 13.8 Å². The fourth-order valence-corrected chi connectivity index (χ4v) is 4.03. The molecule has 11 heteroatoms. The van der Waals surface area contributed by atoms with Gasteiger partial charge in [-0.05, 0) is 29.8 Å². The summed E-state index contributed by atoms with van der Waals surface area (Å²) in [5.41, 5.74) is 3.17. The fraction of sp³-hybridized carbons (Fsp3) is 0.435. The van der Waals surface area contributed by atoms with Gasteiger partial charge in [-0.2, -0.15) is 4.39 Å². The summed E-state index contributed by atoms with van der Waals surface area (Å²) < 4.78 is 45.4. The average molecular weight is 477 g/mol. The monoisotopic (exact) mass is 476 g/mol. The minimum atomic E-state index is -2.46. The van der Waals surface area contributed by atoms with Crippen LogP contribution in [0.25, 0.3) is 0 Å². The number of carbonyl (C=O) groups is 1. The molecule has 2 aliphatic rings. The van der Waals surface area contributed by atoms with Crippen LogP contribution in [-0.4, -0.2) is 74.5 Å². The molecule has 182 valence electrons. The Morgan fingerprint density at radius 1 is 1.21 bits per heavy atom. The second kappa shape index (κ2) is 10.8. The van der Waals surface area contributed by atoms with E-state index in [2.05, 4.69) is 25.5 Å². The largest absolute Gasteiger partial charge is 0.365 e. The molecule has 1 amide bonds. The van der Waals surface area contributed by atoms with Crippen LogP contribution in [0.4, 0.5) is 30.2 Å². The lowest BCUT2D eigenvalue weighted by molar-refractivity contribution is 0.0957. The number of hydrogen-bond donors (Lipinski definition) is 2. The van der Waals surface area contributed by atoms with Crippen LogP contribution >= 0.6 is 0 Å². The van der Waals surface area contributed by atoms with Crippen molar-refractivity contribution in [3.8, 4) is 0 Å². The van der Waals surface area contributed by atoms with Crippen molar-refractivity contribution in [3.63, 3.8) is 0 Å². The maximum atomic E-state index is 14.5. The Hall–Kier alpha value is -3.18. The molecule has 2 aromatic rings. The first-order chi connectivity index (χ1) is 16.4. The van der Waals surface area contributed by atoms with Gasteiger partial charge in [0.1, 0.15) is 12.4 Å². The number of piperazine rings is 1. The summed E-state index contributed by atoms with van der Waals surface area (Å²) in [6, 6.07) is 8.85. The predicted octanol–water partition coefficient (Wildman–Crippen LogP) is 3.03. The molecule has 0 radical (unpaired) electrons. The van der Waals surface area contributed by atoms with E-state index in [-0.39, 0.29) is 19.0 Å². The molecule has 0 atom stereocenters. The Bertz CT molecular complexity index is 1060. The van der Waals surface area contributed by atoms with Crippen LogP contribution in [0, 0.1) is 5.95 Å². The van der Waals surface area contributed by atoms with Gasteiger partial charge in [0.05, 0.1) is 29.4 Å². The van der Waals surface area contributed by atoms with Crippen LogP contribution in [0.15, 0.2) is 35.3 Å². The van der Waals surface area contributed by atoms with Gasteiger partial charge in [-0.3, -0.25) is 14.7 Å². The summed E-state index contributed by atoms with van der Waals surface area (Å²) in [4.78, 5) is 24.0. The van der Waals surface area contributed by atoms with E-state index >= 15 is 0 Å². The molecular formula is C23H27F3N6O2. The van der Waals surface area contributed by atoms with Gasteiger partial charge in [0.25, 0.3) is 5.91 Å². The van der Waals surface area contributed by atoms with Crippen LogP contribution in [-0.2, 0) is 11.3 Å². The summed E-state index contributed by atoms with van der Waals surface area (Å²) in [5, 5.41) is 5.58. The molecule has 0 aliphatic carbocycles. The fourth-order valence-electron chi connectivity index (χ4n) is 4.03. The number of hydrogen-bond acceptors (Lipinski definition) is 7. The molecule has 1 aromatic heterocycles. The van der Waals surface area contributed by atoms with Crippen molar-refractivity contribution in [3.05, 3.63) is 47.5 Å². The van der Waals surface area contributed by atoms with Crippen molar-refractivity contribution in [2.75, 3.05) is 56.8 Å². The summed E-state index contributed by atoms with van der Waals surface area (Å²) in [6.45, 7) is 3.67. The number of pyridine rings is 1. The van der Waals surface area contributed by atoms with Crippen LogP contribution < -0.4 is 15.5 Å². The molecule has 34 heavy (non-hydrogen) atoms. The average Bonchev–Trinajstić information content (AvgIpc) is 2.81. The van der Waals surface area contributed by atoms with E-state index < -0.39 is 24.7 Å². The maximum absolute atomic E-state index is 14.5. The zero-order valence-electron chi connectivity index (χ0n) is 18.9. The van der Waals surface area contributed by atoms with Gasteiger partial charge >= 0.3 is 0 Å². The summed E-state index contributed by atoms with van der Waals surface area (Å²) in [7, 11) is 1.47. The second-order valence-electron chi connectivity index (χ2n) is 8.14. The van der Waals surface area contributed by atoms with E-state index in [4.69, 9.17) is 4.74 Å². The summed E-state index contributed by atoms with van der Waals surface area (Å²) in [6.07, 6.45) is -2.87. The van der Waals surface area contributed by atoms with E-state index in [1.165, 1.54) is 13.1 Å². The molecule has 1 aromatic carbocycles. The molecule has 0 saturated carbocycles.